The van der Waals surface area contributed by atoms with Crippen LogP contribution in [-0.2, 0) is 28.9 Å². The molecule has 0 aromatic heterocycles. The first-order valence-electron chi connectivity index (χ1n) is 16.5. The highest BCUT2D eigenvalue weighted by atomic mass is 16.6. The highest BCUT2D eigenvalue weighted by molar-refractivity contribution is 5.68. The van der Waals surface area contributed by atoms with E-state index in [0.29, 0.717) is 26.1 Å². The van der Waals surface area contributed by atoms with E-state index in [1.54, 1.807) is 20.8 Å². The van der Waals surface area contributed by atoms with Gasteiger partial charge in [-0.05, 0) is 64.2 Å². The van der Waals surface area contributed by atoms with E-state index in [0.717, 1.165) is 16.7 Å². The van der Waals surface area contributed by atoms with Crippen LogP contribution in [0.1, 0.15) is 57.7 Å². The zero-order valence-electron chi connectivity index (χ0n) is 28.8. The second-order valence-electron chi connectivity index (χ2n) is 13.7. The van der Waals surface area contributed by atoms with Crippen molar-refractivity contribution in [2.24, 2.45) is 0 Å². The number of alkyl carbamates (subject to hydrolysis) is 1. The number of ether oxygens (including phenoxy) is 2. The number of nitrogens with one attached hydrogen (secondary N) is 2. The van der Waals surface area contributed by atoms with E-state index < -0.39 is 47.6 Å². The fourth-order valence-electron chi connectivity index (χ4n) is 5.54. The SMILES string of the molecule is CC(C)(CCOCc1ccccc1)OC(=O)N[C@@H](Cc1ccccc1)[C@H](O)CNC[C@@H](O)[C@H](Cc1ccccc1)N(C(=O)[O-])C(C)(C)C. The summed E-state index contributed by atoms with van der Waals surface area (Å²) in [6.07, 6.45) is -3.14. The summed E-state index contributed by atoms with van der Waals surface area (Å²) in [5.74, 6) is 0. The van der Waals surface area contributed by atoms with Crippen LogP contribution in [0.25, 0.3) is 0 Å². The monoisotopic (exact) mass is 662 g/mol. The number of benzene rings is 3. The third kappa shape index (κ3) is 13.3. The van der Waals surface area contributed by atoms with Crippen molar-refractivity contribution >= 4 is 12.2 Å². The van der Waals surface area contributed by atoms with Gasteiger partial charge in [0.15, 0.2) is 0 Å². The fraction of sp³-hybridized carbons (Fsp3) is 0.474. The lowest BCUT2D eigenvalue weighted by atomic mass is 9.94. The van der Waals surface area contributed by atoms with Crippen molar-refractivity contribution in [2.75, 3.05) is 19.7 Å². The molecule has 0 heterocycles. The number of aliphatic hydroxyl groups excluding tert-OH is 2. The summed E-state index contributed by atoms with van der Waals surface area (Å²) in [4.78, 5) is 26.5. The highest BCUT2D eigenvalue weighted by Crippen LogP contribution is 2.22. The molecule has 10 nitrogen and oxygen atoms in total. The third-order valence-electron chi connectivity index (χ3n) is 8.08. The highest BCUT2D eigenvalue weighted by Gasteiger charge is 2.34. The van der Waals surface area contributed by atoms with Crippen molar-refractivity contribution in [3.05, 3.63) is 108 Å². The lowest BCUT2D eigenvalue weighted by molar-refractivity contribution is -0.275. The molecule has 3 aromatic rings. The van der Waals surface area contributed by atoms with E-state index in [2.05, 4.69) is 10.6 Å². The van der Waals surface area contributed by atoms with Crippen LogP contribution in [0.4, 0.5) is 9.59 Å². The van der Waals surface area contributed by atoms with Gasteiger partial charge in [-0.25, -0.2) is 4.79 Å². The standard InChI is InChI=1S/C38H53N3O7/c1-37(2,3)41(36(45)46)32(24-29-17-11-7-12-18-29)34(43)26-39-25-33(42)31(23-28-15-9-6-10-16-28)40-35(44)48-38(4,5)21-22-47-27-30-19-13-8-14-20-30/h6-20,31-34,39,42-43H,21-27H2,1-5H3,(H,40,44)(H,45,46)/p-1/t31-,32-,33+,34+/m0/s1. The van der Waals surface area contributed by atoms with Crippen molar-refractivity contribution < 1.29 is 34.4 Å². The van der Waals surface area contributed by atoms with Crippen LogP contribution in [0.15, 0.2) is 91.0 Å². The van der Waals surface area contributed by atoms with Gasteiger partial charge in [0.25, 0.3) is 0 Å². The topological polar surface area (TPSA) is 143 Å². The summed E-state index contributed by atoms with van der Waals surface area (Å²) in [6, 6.07) is 27.1. The quantitative estimate of drug-likeness (QED) is 0.149. The lowest BCUT2D eigenvalue weighted by Gasteiger charge is -2.45. The number of nitrogens with zero attached hydrogens (tertiary/aromatic N) is 1. The molecule has 10 heteroatoms. The van der Waals surface area contributed by atoms with Gasteiger partial charge in [0.05, 0.1) is 37.5 Å². The molecule has 262 valence electrons. The van der Waals surface area contributed by atoms with E-state index in [1.165, 1.54) is 4.90 Å². The van der Waals surface area contributed by atoms with Gasteiger partial charge in [-0.3, -0.25) is 0 Å². The van der Waals surface area contributed by atoms with Crippen LogP contribution in [0.2, 0.25) is 0 Å². The summed E-state index contributed by atoms with van der Waals surface area (Å²) < 4.78 is 11.5. The first kappa shape index (κ1) is 38.5. The molecular formula is C38H52N3O7-. The first-order chi connectivity index (χ1) is 22.7. The Labute approximate surface area is 285 Å². The van der Waals surface area contributed by atoms with Gasteiger partial charge in [0.2, 0.25) is 0 Å². The average molecular weight is 663 g/mol. The molecule has 3 aromatic carbocycles. The van der Waals surface area contributed by atoms with E-state index in [-0.39, 0.29) is 19.5 Å². The summed E-state index contributed by atoms with van der Waals surface area (Å²) in [6.45, 7) is 9.75. The smallest absolute Gasteiger partial charge is 0.407 e. The third-order valence-corrected chi connectivity index (χ3v) is 8.08. The number of hydrogen-bond acceptors (Lipinski definition) is 8. The van der Waals surface area contributed by atoms with Crippen molar-refractivity contribution in [3.8, 4) is 0 Å². The minimum atomic E-state index is -1.38. The van der Waals surface area contributed by atoms with E-state index in [1.807, 2.05) is 105 Å². The number of carbonyl (C=O) groups excluding carboxylic acids is 2. The molecule has 48 heavy (non-hydrogen) atoms. The maximum atomic E-state index is 13.1. The van der Waals surface area contributed by atoms with Gasteiger partial charge in [-0.15, -0.1) is 0 Å². The Morgan fingerprint density at radius 1 is 0.771 bits per heavy atom. The molecule has 0 unspecified atom stereocenters. The van der Waals surface area contributed by atoms with Gasteiger partial charge in [0, 0.05) is 25.0 Å². The number of hydrogen-bond donors (Lipinski definition) is 4. The predicted octanol–water partition coefficient (Wildman–Crippen LogP) is 4.08. The Kier molecular flexibility index (Phi) is 14.9. The Hall–Kier alpha value is -3.96. The van der Waals surface area contributed by atoms with Crippen molar-refractivity contribution in [1.82, 2.24) is 15.5 Å². The second-order valence-corrected chi connectivity index (χ2v) is 13.7. The molecule has 0 saturated heterocycles. The Morgan fingerprint density at radius 3 is 1.79 bits per heavy atom. The molecule has 0 fully saturated rings. The largest absolute Gasteiger partial charge is 0.530 e. The molecule has 0 bridgehead atoms. The van der Waals surface area contributed by atoms with Gasteiger partial charge in [-0.2, -0.15) is 0 Å². The van der Waals surface area contributed by atoms with Crippen LogP contribution >= 0.6 is 0 Å². The number of amides is 2. The van der Waals surface area contributed by atoms with E-state index >= 15 is 0 Å². The lowest BCUT2D eigenvalue weighted by Crippen LogP contribution is -2.62. The molecule has 4 atom stereocenters. The molecule has 0 aliphatic carbocycles. The van der Waals surface area contributed by atoms with Crippen LogP contribution in [0.3, 0.4) is 0 Å². The van der Waals surface area contributed by atoms with Crippen molar-refractivity contribution in [2.45, 2.75) is 95.9 Å². The Morgan fingerprint density at radius 2 is 1.27 bits per heavy atom. The molecule has 0 aliphatic heterocycles. The Bertz CT molecular complexity index is 1370. The van der Waals surface area contributed by atoms with Crippen LogP contribution in [-0.4, -0.2) is 82.4 Å². The molecule has 0 saturated carbocycles. The van der Waals surface area contributed by atoms with E-state index in [9.17, 15) is 24.9 Å². The normalized spacial score (nSPS) is 14.4. The summed E-state index contributed by atoms with van der Waals surface area (Å²) >= 11 is 0. The number of rotatable bonds is 18. The fourth-order valence-corrected chi connectivity index (χ4v) is 5.54. The summed E-state index contributed by atoms with van der Waals surface area (Å²) in [7, 11) is 0. The number of carboxylic acid groups (broad SMARTS) is 1. The van der Waals surface area contributed by atoms with Crippen molar-refractivity contribution in [1.29, 1.82) is 0 Å². The summed E-state index contributed by atoms with van der Waals surface area (Å²) in [5, 5.41) is 40.7. The molecular weight excluding hydrogens is 610 g/mol. The zero-order valence-corrected chi connectivity index (χ0v) is 28.8. The van der Waals surface area contributed by atoms with Gasteiger partial charge in [-0.1, -0.05) is 91.0 Å². The molecule has 0 aliphatic rings. The maximum Gasteiger partial charge on any atom is 0.407 e. The molecule has 0 radical (unpaired) electrons. The number of carbonyl (C=O) groups is 2. The average Bonchev–Trinajstić information content (AvgIpc) is 3.03. The maximum absolute atomic E-state index is 13.1. The second kappa shape index (κ2) is 18.5. The van der Waals surface area contributed by atoms with Gasteiger partial charge < -0.3 is 45.1 Å². The minimum Gasteiger partial charge on any atom is -0.530 e. The van der Waals surface area contributed by atoms with Gasteiger partial charge >= 0.3 is 6.09 Å². The van der Waals surface area contributed by atoms with Crippen LogP contribution in [0, 0.1) is 0 Å². The van der Waals surface area contributed by atoms with Crippen molar-refractivity contribution in [3.63, 3.8) is 0 Å². The molecule has 2 amide bonds. The molecule has 4 N–H and O–H groups in total. The number of aliphatic hydroxyl groups is 2. The first-order valence-corrected chi connectivity index (χ1v) is 16.5. The van der Waals surface area contributed by atoms with Crippen LogP contribution < -0.4 is 15.7 Å². The molecule has 0 spiro atoms. The summed E-state index contributed by atoms with van der Waals surface area (Å²) in [5.41, 5.74) is 1.19. The van der Waals surface area contributed by atoms with Crippen LogP contribution in [0.5, 0.6) is 0 Å². The minimum absolute atomic E-state index is 0.00701. The zero-order chi connectivity index (χ0) is 35.2. The van der Waals surface area contributed by atoms with E-state index in [4.69, 9.17) is 9.47 Å². The van der Waals surface area contributed by atoms with Gasteiger partial charge in [0.1, 0.15) is 11.7 Å². The Balaban J connectivity index is 1.61. The molecule has 3 rings (SSSR count). The predicted molar refractivity (Wildman–Crippen MR) is 184 cm³/mol.